The van der Waals surface area contributed by atoms with Crippen LogP contribution in [0.5, 0.6) is 0 Å². The van der Waals surface area contributed by atoms with Gasteiger partial charge in [0.1, 0.15) is 0 Å². The topological polar surface area (TPSA) is 40.7 Å². The van der Waals surface area contributed by atoms with Gasteiger partial charge in [-0.05, 0) is 12.8 Å². The first-order valence-corrected chi connectivity index (χ1v) is 7.29. The van der Waals surface area contributed by atoms with Crippen LogP contribution >= 0.6 is 11.8 Å². The number of nitrogens with zero attached hydrogens (tertiary/aromatic N) is 1. The van der Waals surface area contributed by atoms with Crippen molar-refractivity contribution in [2.24, 2.45) is 0 Å². The predicted molar refractivity (Wildman–Crippen MR) is 68.8 cm³/mol. The Hall–Kier alpha value is -0.480. The van der Waals surface area contributed by atoms with Crippen LogP contribution in [0.1, 0.15) is 38.5 Å². The van der Waals surface area contributed by atoms with E-state index in [-0.39, 0.29) is 0 Å². The van der Waals surface area contributed by atoms with Gasteiger partial charge in [0.25, 0.3) is 0 Å². The summed E-state index contributed by atoms with van der Waals surface area (Å²) < 4.78 is 0. The molecule has 2 rings (SSSR count). The summed E-state index contributed by atoms with van der Waals surface area (Å²) in [5, 5.41) is 4.69. The van der Waals surface area contributed by atoms with E-state index in [1.807, 2.05) is 6.20 Å². The number of nitrogens with one attached hydrogen (secondary N) is 2. The lowest BCUT2D eigenvalue weighted by molar-refractivity contribution is 0.474. The van der Waals surface area contributed by atoms with Crippen molar-refractivity contribution in [3.63, 3.8) is 0 Å². The van der Waals surface area contributed by atoms with E-state index in [0.29, 0.717) is 0 Å². The maximum Gasteiger partial charge on any atom is 0.165 e. The van der Waals surface area contributed by atoms with Crippen molar-refractivity contribution in [3.8, 4) is 0 Å². The van der Waals surface area contributed by atoms with Gasteiger partial charge in [-0.1, -0.05) is 37.4 Å². The SMILES string of the molecule is c1c[nH]c(SCCNC2CCCCCC2)n1. The quantitative estimate of drug-likeness (QED) is 0.471. The average Bonchev–Trinajstić information content (AvgIpc) is 2.68. The molecular weight excluding hydrogens is 218 g/mol. The fraction of sp³-hybridized carbons (Fsp3) is 0.750. The van der Waals surface area contributed by atoms with Gasteiger partial charge in [0.2, 0.25) is 0 Å². The van der Waals surface area contributed by atoms with Gasteiger partial charge in [0.15, 0.2) is 5.16 Å². The van der Waals surface area contributed by atoms with Crippen LogP contribution < -0.4 is 5.32 Å². The van der Waals surface area contributed by atoms with E-state index in [2.05, 4.69) is 15.3 Å². The van der Waals surface area contributed by atoms with Crippen LogP contribution in [0.2, 0.25) is 0 Å². The third kappa shape index (κ3) is 4.18. The number of aromatic amines is 1. The molecule has 0 atom stereocenters. The van der Waals surface area contributed by atoms with Crippen molar-refractivity contribution >= 4 is 11.8 Å². The zero-order valence-electron chi connectivity index (χ0n) is 9.74. The number of aromatic nitrogens is 2. The first kappa shape index (κ1) is 12.0. The van der Waals surface area contributed by atoms with Crippen LogP contribution in [0.15, 0.2) is 17.6 Å². The molecule has 1 aliphatic carbocycles. The van der Waals surface area contributed by atoms with E-state index in [1.165, 1.54) is 38.5 Å². The van der Waals surface area contributed by atoms with E-state index in [4.69, 9.17) is 0 Å². The normalized spacial score (nSPS) is 18.5. The Morgan fingerprint density at radius 1 is 1.31 bits per heavy atom. The second kappa shape index (κ2) is 6.97. The Morgan fingerprint density at radius 2 is 2.12 bits per heavy atom. The third-order valence-corrected chi connectivity index (χ3v) is 4.01. The number of rotatable bonds is 5. The molecule has 1 aliphatic rings. The van der Waals surface area contributed by atoms with Gasteiger partial charge in [-0.3, -0.25) is 0 Å². The van der Waals surface area contributed by atoms with Crippen molar-refractivity contribution in [1.29, 1.82) is 0 Å². The van der Waals surface area contributed by atoms with Crippen molar-refractivity contribution < 1.29 is 0 Å². The Bertz CT molecular complexity index is 266. The van der Waals surface area contributed by atoms with E-state index in [0.717, 1.165) is 23.5 Å². The molecule has 1 aromatic rings. The molecule has 0 amide bonds. The van der Waals surface area contributed by atoms with Crippen LogP contribution in [0, 0.1) is 0 Å². The molecule has 0 aliphatic heterocycles. The molecule has 0 spiro atoms. The molecule has 0 radical (unpaired) electrons. The van der Waals surface area contributed by atoms with Crippen LogP contribution in [0.4, 0.5) is 0 Å². The van der Waals surface area contributed by atoms with Crippen molar-refractivity contribution in [2.75, 3.05) is 12.3 Å². The molecule has 0 aromatic carbocycles. The number of hydrogen-bond donors (Lipinski definition) is 2. The zero-order valence-corrected chi connectivity index (χ0v) is 10.6. The molecule has 16 heavy (non-hydrogen) atoms. The van der Waals surface area contributed by atoms with Gasteiger partial charge in [-0.15, -0.1) is 0 Å². The fourth-order valence-electron chi connectivity index (χ4n) is 2.22. The second-order valence-corrected chi connectivity index (χ2v) is 5.47. The number of hydrogen-bond acceptors (Lipinski definition) is 3. The molecule has 0 bridgehead atoms. The van der Waals surface area contributed by atoms with Gasteiger partial charge >= 0.3 is 0 Å². The zero-order chi connectivity index (χ0) is 11.1. The van der Waals surface area contributed by atoms with E-state index in [1.54, 1.807) is 18.0 Å². The highest BCUT2D eigenvalue weighted by Gasteiger charge is 2.10. The first-order valence-electron chi connectivity index (χ1n) is 6.31. The number of imidazole rings is 1. The Morgan fingerprint density at radius 3 is 2.81 bits per heavy atom. The minimum absolute atomic E-state index is 0.764. The second-order valence-electron chi connectivity index (χ2n) is 4.39. The van der Waals surface area contributed by atoms with Crippen molar-refractivity contribution in [3.05, 3.63) is 12.4 Å². The summed E-state index contributed by atoms with van der Waals surface area (Å²) in [6.07, 6.45) is 12.1. The van der Waals surface area contributed by atoms with Crippen LogP contribution in [0.3, 0.4) is 0 Å². The smallest absolute Gasteiger partial charge is 0.165 e. The van der Waals surface area contributed by atoms with Crippen LogP contribution in [-0.4, -0.2) is 28.3 Å². The summed E-state index contributed by atoms with van der Waals surface area (Å²) in [6, 6.07) is 0.764. The fourth-order valence-corrected chi connectivity index (χ4v) is 2.92. The summed E-state index contributed by atoms with van der Waals surface area (Å²) in [5.74, 6) is 1.10. The lowest BCUT2D eigenvalue weighted by Crippen LogP contribution is -2.30. The van der Waals surface area contributed by atoms with Crippen LogP contribution in [0.25, 0.3) is 0 Å². The lowest BCUT2D eigenvalue weighted by Gasteiger charge is -2.15. The average molecular weight is 239 g/mol. The Kier molecular flexibility index (Phi) is 5.22. The molecule has 0 unspecified atom stereocenters. The summed E-state index contributed by atoms with van der Waals surface area (Å²) in [5.41, 5.74) is 0. The molecule has 0 saturated heterocycles. The molecule has 1 fully saturated rings. The predicted octanol–water partition coefficient (Wildman–Crippen LogP) is 2.81. The summed E-state index contributed by atoms with van der Waals surface area (Å²) in [4.78, 5) is 7.30. The molecule has 4 heteroatoms. The largest absolute Gasteiger partial charge is 0.340 e. The summed E-state index contributed by atoms with van der Waals surface area (Å²) >= 11 is 1.79. The van der Waals surface area contributed by atoms with Crippen molar-refractivity contribution in [2.45, 2.75) is 49.7 Å². The monoisotopic (exact) mass is 239 g/mol. The molecule has 1 saturated carbocycles. The van der Waals surface area contributed by atoms with Gasteiger partial charge in [-0.25, -0.2) is 4.98 Å². The first-order chi connectivity index (χ1) is 7.95. The molecule has 90 valence electrons. The lowest BCUT2D eigenvalue weighted by atomic mass is 10.1. The Labute approximate surface area is 102 Å². The van der Waals surface area contributed by atoms with E-state index < -0.39 is 0 Å². The summed E-state index contributed by atoms with van der Waals surface area (Å²) in [6.45, 7) is 1.09. The van der Waals surface area contributed by atoms with Gasteiger partial charge in [0.05, 0.1) is 0 Å². The van der Waals surface area contributed by atoms with Crippen LogP contribution in [-0.2, 0) is 0 Å². The third-order valence-electron chi connectivity index (χ3n) is 3.10. The number of H-pyrrole nitrogens is 1. The van der Waals surface area contributed by atoms with E-state index in [9.17, 15) is 0 Å². The standard InChI is InChI=1S/C12H21N3S/c1-2-4-6-11(5-3-1)13-9-10-16-12-14-7-8-15-12/h7-8,11,13H,1-6,9-10H2,(H,14,15). The maximum absolute atomic E-state index is 4.20. The highest BCUT2D eigenvalue weighted by molar-refractivity contribution is 7.99. The highest BCUT2D eigenvalue weighted by atomic mass is 32.2. The van der Waals surface area contributed by atoms with E-state index >= 15 is 0 Å². The molecular formula is C12H21N3S. The van der Waals surface area contributed by atoms with Gasteiger partial charge < -0.3 is 10.3 Å². The van der Waals surface area contributed by atoms with Crippen molar-refractivity contribution in [1.82, 2.24) is 15.3 Å². The summed E-state index contributed by atoms with van der Waals surface area (Å²) in [7, 11) is 0. The minimum Gasteiger partial charge on any atom is -0.340 e. The van der Waals surface area contributed by atoms with Gasteiger partial charge in [-0.2, -0.15) is 0 Å². The van der Waals surface area contributed by atoms with Gasteiger partial charge in [0, 0.05) is 30.7 Å². The molecule has 1 heterocycles. The maximum atomic E-state index is 4.20. The Balaban J connectivity index is 1.56. The minimum atomic E-state index is 0.764. The molecule has 1 aromatic heterocycles. The highest BCUT2D eigenvalue weighted by Crippen LogP contribution is 2.17. The number of thioether (sulfide) groups is 1. The molecule has 2 N–H and O–H groups in total. The molecule has 3 nitrogen and oxygen atoms in total.